The van der Waals surface area contributed by atoms with Gasteiger partial charge in [0, 0.05) is 12.6 Å². The smallest absolute Gasteiger partial charge is 0.451 e. The van der Waals surface area contributed by atoms with E-state index in [4.69, 9.17) is 0 Å². The van der Waals surface area contributed by atoms with Crippen molar-refractivity contribution in [3.8, 4) is 5.88 Å². The van der Waals surface area contributed by atoms with Crippen molar-refractivity contribution in [2.24, 2.45) is 0 Å². The van der Waals surface area contributed by atoms with E-state index in [0.29, 0.717) is 0 Å². The van der Waals surface area contributed by atoms with Gasteiger partial charge in [-0.15, -0.1) is 0 Å². The monoisotopic (exact) mass is 303 g/mol. The fourth-order valence-corrected chi connectivity index (χ4v) is 1.17. The molecule has 0 atom stereocenters. The molecule has 1 aromatic rings. The lowest BCUT2D eigenvalue weighted by Crippen LogP contribution is -2.16. The Balaban J connectivity index is 2.86. The van der Waals surface area contributed by atoms with Crippen molar-refractivity contribution < 1.29 is 31.1 Å². The average molecular weight is 303 g/mol. The molecule has 0 aliphatic rings. The summed E-state index contributed by atoms with van der Waals surface area (Å²) in [6.07, 6.45) is -10.5. The lowest BCUT2D eigenvalue weighted by atomic mass is 10.4. The van der Waals surface area contributed by atoms with Crippen LogP contribution in [0.5, 0.6) is 5.88 Å². The van der Waals surface area contributed by atoms with Gasteiger partial charge < -0.3 is 10.1 Å². The molecule has 1 N–H and O–H groups in total. The standard InChI is InChI=1S/C10H11F6N3O/c1-2-17-6-5-7(20-4-3-9(11,12)13)19-8(18-6)10(14,15)16/h5H,2-4H2,1H3,(H,17,18,19). The summed E-state index contributed by atoms with van der Waals surface area (Å²) in [6.45, 7) is 1.10. The van der Waals surface area contributed by atoms with Gasteiger partial charge in [0.05, 0.1) is 13.0 Å². The van der Waals surface area contributed by atoms with E-state index < -0.39 is 37.1 Å². The molecule has 0 unspecified atom stereocenters. The van der Waals surface area contributed by atoms with Crippen molar-refractivity contribution in [1.29, 1.82) is 0 Å². The highest BCUT2D eigenvalue weighted by atomic mass is 19.4. The zero-order valence-corrected chi connectivity index (χ0v) is 10.3. The third-order valence-electron chi connectivity index (χ3n) is 1.95. The first kappa shape index (κ1) is 16.3. The molecule has 0 spiro atoms. The van der Waals surface area contributed by atoms with Crippen LogP contribution in [0, 0.1) is 0 Å². The molecule has 0 bridgehead atoms. The number of halogens is 6. The zero-order valence-electron chi connectivity index (χ0n) is 10.3. The van der Waals surface area contributed by atoms with E-state index in [9.17, 15) is 26.3 Å². The topological polar surface area (TPSA) is 47.0 Å². The van der Waals surface area contributed by atoms with Crippen molar-refractivity contribution in [2.75, 3.05) is 18.5 Å². The van der Waals surface area contributed by atoms with Crippen molar-refractivity contribution in [3.05, 3.63) is 11.9 Å². The van der Waals surface area contributed by atoms with Crippen molar-refractivity contribution in [3.63, 3.8) is 0 Å². The van der Waals surface area contributed by atoms with Crippen molar-refractivity contribution in [1.82, 2.24) is 9.97 Å². The van der Waals surface area contributed by atoms with E-state index >= 15 is 0 Å². The number of hydrogen-bond donors (Lipinski definition) is 1. The molecule has 0 saturated carbocycles. The number of aromatic nitrogens is 2. The molecule has 0 aliphatic carbocycles. The fourth-order valence-electron chi connectivity index (χ4n) is 1.17. The maximum atomic E-state index is 12.5. The van der Waals surface area contributed by atoms with Gasteiger partial charge in [0.1, 0.15) is 5.82 Å². The Labute approximate surface area is 110 Å². The Morgan fingerprint density at radius 3 is 2.30 bits per heavy atom. The number of alkyl halides is 6. The molecule has 1 aromatic heterocycles. The minimum absolute atomic E-state index is 0.170. The summed E-state index contributed by atoms with van der Waals surface area (Å²) in [5, 5.41) is 2.51. The molecule has 1 heterocycles. The highest BCUT2D eigenvalue weighted by molar-refractivity contribution is 5.38. The maximum absolute atomic E-state index is 12.5. The van der Waals surface area contributed by atoms with E-state index in [0.717, 1.165) is 6.07 Å². The van der Waals surface area contributed by atoms with Crippen LogP contribution >= 0.6 is 0 Å². The second kappa shape index (κ2) is 6.14. The average Bonchev–Trinajstić information content (AvgIpc) is 2.26. The summed E-state index contributed by atoms with van der Waals surface area (Å²) in [4.78, 5) is 6.24. The van der Waals surface area contributed by atoms with E-state index in [1.54, 1.807) is 6.92 Å². The number of hydrogen-bond acceptors (Lipinski definition) is 4. The summed E-state index contributed by atoms with van der Waals surface area (Å²) in [7, 11) is 0. The normalized spacial score (nSPS) is 12.3. The van der Waals surface area contributed by atoms with Gasteiger partial charge in [0.25, 0.3) is 0 Å². The Morgan fingerprint density at radius 2 is 1.80 bits per heavy atom. The summed E-state index contributed by atoms with van der Waals surface area (Å²) in [6, 6.07) is 1.01. The maximum Gasteiger partial charge on any atom is 0.451 e. The number of nitrogens with one attached hydrogen (secondary N) is 1. The van der Waals surface area contributed by atoms with E-state index in [1.165, 1.54) is 0 Å². The molecule has 0 amide bonds. The number of rotatable bonds is 5. The minimum atomic E-state index is -4.81. The van der Waals surface area contributed by atoms with Crippen LogP contribution in [0.15, 0.2) is 6.07 Å². The molecular formula is C10H11F6N3O. The third kappa shape index (κ3) is 5.49. The van der Waals surface area contributed by atoms with Gasteiger partial charge in [0.15, 0.2) is 0 Å². The van der Waals surface area contributed by atoms with Crippen molar-refractivity contribution in [2.45, 2.75) is 25.7 Å². The Kier molecular flexibility index (Phi) is 5.01. The lowest BCUT2D eigenvalue weighted by Gasteiger charge is -2.12. The molecule has 0 saturated heterocycles. The number of nitrogens with zero attached hydrogens (tertiary/aromatic N) is 2. The first-order valence-corrected chi connectivity index (χ1v) is 5.51. The van der Waals surface area contributed by atoms with Crippen LogP contribution in [-0.2, 0) is 6.18 Å². The summed E-state index contributed by atoms with van der Waals surface area (Å²) in [5.41, 5.74) is 0. The molecule has 10 heteroatoms. The minimum Gasteiger partial charge on any atom is -0.477 e. The van der Waals surface area contributed by atoms with Crippen LogP contribution in [-0.4, -0.2) is 29.3 Å². The van der Waals surface area contributed by atoms with Gasteiger partial charge in [-0.3, -0.25) is 0 Å². The highest BCUT2D eigenvalue weighted by Gasteiger charge is 2.36. The Morgan fingerprint density at radius 1 is 1.15 bits per heavy atom. The SMILES string of the molecule is CCNc1cc(OCCC(F)(F)F)nc(C(F)(F)F)n1. The molecule has 0 aliphatic heterocycles. The lowest BCUT2D eigenvalue weighted by molar-refractivity contribution is -0.146. The molecule has 114 valence electrons. The van der Waals surface area contributed by atoms with Gasteiger partial charge in [-0.1, -0.05) is 0 Å². The van der Waals surface area contributed by atoms with Gasteiger partial charge >= 0.3 is 12.4 Å². The van der Waals surface area contributed by atoms with Crippen LogP contribution < -0.4 is 10.1 Å². The van der Waals surface area contributed by atoms with Crippen LogP contribution in [0.3, 0.4) is 0 Å². The molecule has 1 rings (SSSR count). The van der Waals surface area contributed by atoms with Crippen molar-refractivity contribution >= 4 is 5.82 Å². The van der Waals surface area contributed by atoms with Gasteiger partial charge in [0.2, 0.25) is 11.7 Å². The predicted octanol–water partition coefficient (Wildman–Crippen LogP) is 3.26. The van der Waals surface area contributed by atoms with Crippen LogP contribution in [0.2, 0.25) is 0 Å². The quantitative estimate of drug-likeness (QED) is 0.848. The fraction of sp³-hybridized carbons (Fsp3) is 0.600. The van der Waals surface area contributed by atoms with Crippen LogP contribution in [0.1, 0.15) is 19.2 Å². The number of ether oxygens (including phenoxy) is 1. The summed E-state index contributed by atoms with van der Waals surface area (Å²) >= 11 is 0. The molecule has 20 heavy (non-hydrogen) atoms. The van der Waals surface area contributed by atoms with Crippen LogP contribution in [0.4, 0.5) is 32.2 Å². The second-order valence-electron chi connectivity index (χ2n) is 3.66. The first-order valence-electron chi connectivity index (χ1n) is 5.51. The highest BCUT2D eigenvalue weighted by Crippen LogP contribution is 2.29. The van der Waals surface area contributed by atoms with Gasteiger partial charge in [-0.05, 0) is 6.92 Å². The van der Waals surface area contributed by atoms with E-state index in [-0.39, 0.29) is 12.4 Å². The molecular weight excluding hydrogens is 292 g/mol. The second-order valence-corrected chi connectivity index (χ2v) is 3.66. The summed E-state index contributed by atoms with van der Waals surface area (Å²) < 4.78 is 77.9. The molecule has 4 nitrogen and oxygen atoms in total. The number of anilines is 1. The first-order chi connectivity index (χ1) is 9.12. The largest absolute Gasteiger partial charge is 0.477 e. The van der Waals surface area contributed by atoms with E-state index in [2.05, 4.69) is 20.0 Å². The Hall–Kier alpha value is -1.74. The van der Waals surface area contributed by atoms with E-state index in [1.807, 2.05) is 0 Å². The molecule has 0 fully saturated rings. The Bertz CT molecular complexity index is 446. The molecule has 0 aromatic carbocycles. The van der Waals surface area contributed by atoms with Crippen LogP contribution in [0.25, 0.3) is 0 Å². The third-order valence-corrected chi connectivity index (χ3v) is 1.95. The van der Waals surface area contributed by atoms with Gasteiger partial charge in [-0.25, -0.2) is 4.98 Å². The van der Waals surface area contributed by atoms with Gasteiger partial charge in [-0.2, -0.15) is 31.3 Å². The predicted molar refractivity (Wildman–Crippen MR) is 57.4 cm³/mol. The summed E-state index contributed by atoms with van der Waals surface area (Å²) in [5.74, 6) is -2.21. The molecule has 0 radical (unpaired) electrons. The zero-order chi connectivity index (χ0) is 15.4.